The van der Waals surface area contributed by atoms with E-state index < -0.39 is 28.9 Å². The predicted molar refractivity (Wildman–Crippen MR) is 231 cm³/mol. The van der Waals surface area contributed by atoms with Gasteiger partial charge in [0.05, 0.1) is 63.9 Å². The number of fused-ring (bicyclic) bond motifs is 4. The molecular formula is C47H44F2N4O12. The number of ether oxygens (including phenoxy) is 10. The third-order valence-electron chi connectivity index (χ3n) is 10.7. The first-order chi connectivity index (χ1) is 31.8. The number of aromatic nitrogens is 2. The van der Waals surface area contributed by atoms with E-state index in [2.05, 4.69) is 20.6 Å². The highest BCUT2D eigenvalue weighted by Gasteiger charge is 2.56. The summed E-state index contributed by atoms with van der Waals surface area (Å²) in [4.78, 5) is 35.9. The van der Waals surface area contributed by atoms with Gasteiger partial charge in [-0.05, 0) is 61.4 Å². The van der Waals surface area contributed by atoms with Crippen molar-refractivity contribution in [2.75, 3.05) is 89.9 Å². The lowest BCUT2D eigenvalue weighted by Crippen LogP contribution is -2.35. The first kappa shape index (κ1) is 43.4. The van der Waals surface area contributed by atoms with E-state index in [1.807, 2.05) is 0 Å². The zero-order chi connectivity index (χ0) is 44.6. The second kappa shape index (κ2) is 19.9. The largest absolute Gasteiger partial charge is 0.487 e. The van der Waals surface area contributed by atoms with Gasteiger partial charge >= 0.3 is 0 Å². The number of hydrogen-bond donors (Lipinski definition) is 2. The normalized spacial score (nSPS) is 16.7. The van der Waals surface area contributed by atoms with Gasteiger partial charge in [0.1, 0.15) is 43.3 Å². The maximum atomic E-state index is 15.6. The summed E-state index contributed by atoms with van der Waals surface area (Å²) in [6.07, 6.45) is 3.53. The van der Waals surface area contributed by atoms with Crippen LogP contribution in [0.5, 0.6) is 46.0 Å². The molecule has 0 saturated heterocycles. The molecule has 338 valence electrons. The molecule has 2 N–H and O–H groups in total. The Hall–Kier alpha value is -6.86. The van der Waals surface area contributed by atoms with Crippen molar-refractivity contribution >= 4 is 45.0 Å². The molecule has 1 fully saturated rings. The molecule has 18 heteroatoms. The molecule has 2 amide bonds. The van der Waals surface area contributed by atoms with Crippen LogP contribution >= 0.6 is 0 Å². The fraction of sp³-hybridized carbons (Fsp3) is 0.319. The number of amides is 2. The van der Waals surface area contributed by atoms with Crippen LogP contribution in [0.3, 0.4) is 0 Å². The topological polar surface area (TPSA) is 176 Å². The number of anilines is 2. The van der Waals surface area contributed by atoms with E-state index in [-0.39, 0.29) is 48.9 Å². The van der Waals surface area contributed by atoms with Crippen molar-refractivity contribution in [2.45, 2.75) is 12.8 Å². The Morgan fingerprint density at radius 2 is 0.846 bits per heavy atom. The minimum atomic E-state index is -1.44. The van der Waals surface area contributed by atoms with Crippen molar-refractivity contribution in [1.29, 1.82) is 0 Å². The molecule has 1 aliphatic carbocycles. The standard InChI is InChI=1S/C47H44F2N4O12/c48-33-23-29(1-3-39(33)64-37-5-9-50-35-27-43-41(25-31(35)37)60-19-15-56-11-13-58-17-21-62-43)52-45(54)47(7-8-47)46(55)53-30-2-4-40(34(49)24-30)65-38-6-10-51-36-28-44-42(26-32(36)38)61-20-16-57-12-14-59-18-22-63-44/h1-6,9-10,23-28H,7-8,11-22H2,(H,52,54)(H,53,55). The van der Waals surface area contributed by atoms with E-state index in [4.69, 9.17) is 47.4 Å². The molecule has 1 saturated carbocycles. The van der Waals surface area contributed by atoms with E-state index in [1.165, 1.54) is 36.7 Å². The van der Waals surface area contributed by atoms with Gasteiger partial charge in [0.15, 0.2) is 46.1 Å². The minimum Gasteiger partial charge on any atom is -0.487 e. The smallest absolute Gasteiger partial charge is 0.240 e. The van der Waals surface area contributed by atoms with Gasteiger partial charge in [0.25, 0.3) is 0 Å². The maximum Gasteiger partial charge on any atom is 0.240 e. The molecule has 3 aliphatic rings. The van der Waals surface area contributed by atoms with Crippen LogP contribution in [0.2, 0.25) is 0 Å². The lowest BCUT2D eigenvalue weighted by Gasteiger charge is -2.18. The third-order valence-corrected chi connectivity index (χ3v) is 10.7. The predicted octanol–water partition coefficient (Wildman–Crippen LogP) is 7.61. The molecule has 0 bridgehead atoms. The number of benzene rings is 4. The molecular weight excluding hydrogens is 851 g/mol. The highest BCUT2D eigenvalue weighted by Crippen LogP contribution is 2.48. The van der Waals surface area contributed by atoms with Crippen molar-refractivity contribution < 1.29 is 65.7 Å². The first-order valence-electron chi connectivity index (χ1n) is 21.1. The third kappa shape index (κ3) is 10.3. The van der Waals surface area contributed by atoms with E-state index in [1.54, 1.807) is 36.4 Å². The molecule has 0 radical (unpaired) electrons. The molecule has 2 aliphatic heterocycles. The van der Waals surface area contributed by atoms with Gasteiger partial charge in [-0.15, -0.1) is 0 Å². The summed E-state index contributed by atoms with van der Waals surface area (Å²) < 4.78 is 89.0. The molecule has 0 unspecified atom stereocenters. The number of rotatable bonds is 8. The van der Waals surface area contributed by atoms with Crippen LogP contribution in [0, 0.1) is 17.0 Å². The van der Waals surface area contributed by atoms with Gasteiger partial charge in [-0.3, -0.25) is 19.6 Å². The molecule has 4 aromatic carbocycles. The van der Waals surface area contributed by atoms with Gasteiger partial charge < -0.3 is 58.0 Å². The fourth-order valence-electron chi connectivity index (χ4n) is 7.12. The quantitative estimate of drug-likeness (QED) is 0.143. The Labute approximate surface area is 370 Å². The van der Waals surface area contributed by atoms with Crippen LogP contribution in [-0.4, -0.2) is 101 Å². The average molecular weight is 895 g/mol. The van der Waals surface area contributed by atoms with Gasteiger partial charge in [0.2, 0.25) is 11.8 Å². The summed E-state index contributed by atoms with van der Waals surface area (Å²) in [7, 11) is 0. The van der Waals surface area contributed by atoms with Gasteiger partial charge in [-0.25, -0.2) is 8.78 Å². The Bertz CT molecular complexity index is 2520. The van der Waals surface area contributed by atoms with Crippen LogP contribution < -0.4 is 39.1 Å². The Morgan fingerprint density at radius 3 is 1.22 bits per heavy atom. The van der Waals surface area contributed by atoms with Crippen molar-refractivity contribution in [3.05, 3.63) is 96.8 Å². The molecule has 0 spiro atoms. The molecule has 2 aromatic heterocycles. The highest BCUT2D eigenvalue weighted by atomic mass is 19.1. The molecule has 65 heavy (non-hydrogen) atoms. The molecule has 16 nitrogen and oxygen atoms in total. The number of carbonyl (C=O) groups is 2. The summed E-state index contributed by atoms with van der Waals surface area (Å²) in [5.41, 5.74) is -0.176. The number of pyridine rings is 2. The Kier molecular flexibility index (Phi) is 13.3. The van der Waals surface area contributed by atoms with E-state index in [0.717, 1.165) is 12.1 Å². The van der Waals surface area contributed by atoms with Gasteiger partial charge in [-0.2, -0.15) is 0 Å². The van der Waals surface area contributed by atoms with Crippen molar-refractivity contribution in [1.82, 2.24) is 9.97 Å². The van der Waals surface area contributed by atoms with E-state index in [9.17, 15) is 9.59 Å². The Morgan fingerprint density at radius 1 is 0.477 bits per heavy atom. The summed E-state index contributed by atoms with van der Waals surface area (Å²) >= 11 is 0. The highest BCUT2D eigenvalue weighted by molar-refractivity contribution is 6.17. The molecule has 6 aromatic rings. The first-order valence-corrected chi connectivity index (χ1v) is 21.1. The molecule has 0 atom stereocenters. The van der Waals surface area contributed by atoms with Crippen molar-refractivity contribution in [3.63, 3.8) is 0 Å². The zero-order valence-electron chi connectivity index (χ0n) is 35.0. The summed E-state index contributed by atoms with van der Waals surface area (Å²) in [6.45, 7) is 4.32. The van der Waals surface area contributed by atoms with Gasteiger partial charge in [-0.1, -0.05) is 0 Å². The second-order valence-corrected chi connectivity index (χ2v) is 15.1. The summed E-state index contributed by atoms with van der Waals surface area (Å²) in [5.74, 6) is -0.640. The lowest BCUT2D eigenvalue weighted by atomic mass is 10.0. The van der Waals surface area contributed by atoms with E-state index >= 15 is 8.78 Å². The fourth-order valence-corrected chi connectivity index (χ4v) is 7.12. The number of nitrogens with one attached hydrogen (secondary N) is 2. The van der Waals surface area contributed by atoms with Gasteiger partial charge in [0, 0.05) is 58.8 Å². The average Bonchev–Trinajstić information content (AvgIpc) is 4.11. The Balaban J connectivity index is 0.842. The van der Waals surface area contributed by atoms with Crippen LogP contribution in [0.1, 0.15) is 12.8 Å². The van der Waals surface area contributed by atoms with Crippen LogP contribution in [-0.2, 0) is 28.5 Å². The summed E-state index contributed by atoms with van der Waals surface area (Å²) in [5, 5.41) is 6.39. The zero-order valence-corrected chi connectivity index (χ0v) is 35.0. The number of hydrogen-bond acceptors (Lipinski definition) is 14. The van der Waals surface area contributed by atoms with Crippen molar-refractivity contribution in [2.24, 2.45) is 5.41 Å². The van der Waals surface area contributed by atoms with Crippen LogP contribution in [0.4, 0.5) is 20.2 Å². The number of carbonyl (C=O) groups excluding carboxylic acids is 2. The van der Waals surface area contributed by atoms with Crippen LogP contribution in [0.25, 0.3) is 21.8 Å². The lowest BCUT2D eigenvalue weighted by molar-refractivity contribution is -0.131. The molecule has 9 rings (SSSR count). The summed E-state index contributed by atoms with van der Waals surface area (Å²) in [6, 6.07) is 17.9. The number of nitrogens with zero attached hydrogens (tertiary/aromatic N) is 2. The maximum absolute atomic E-state index is 15.6. The second-order valence-electron chi connectivity index (χ2n) is 15.1. The number of halogens is 2. The van der Waals surface area contributed by atoms with Crippen LogP contribution in [0.15, 0.2) is 85.2 Å². The minimum absolute atomic E-state index is 0.109. The van der Waals surface area contributed by atoms with E-state index in [0.29, 0.717) is 122 Å². The SMILES string of the molecule is O=C(Nc1ccc(Oc2ccnc3cc4c(cc23)OCCOCCOCCO4)c(F)c1)C1(C(=O)Nc2ccc(Oc3ccnc4cc5c(cc34)OCCOCCOCCO5)c(F)c2)CC1. The molecule has 4 heterocycles. The monoisotopic (exact) mass is 894 g/mol. The van der Waals surface area contributed by atoms with Crippen molar-refractivity contribution in [3.8, 4) is 46.0 Å².